The predicted molar refractivity (Wildman–Crippen MR) is 109 cm³/mol. The number of nitriles is 1. The second kappa shape index (κ2) is 7.05. The smallest absolute Gasteiger partial charge is 0.234 e. The Labute approximate surface area is 164 Å². The molecular weight excluding hydrogens is 348 g/mol. The lowest BCUT2D eigenvalue weighted by Crippen LogP contribution is -2.46. The Morgan fingerprint density at radius 3 is 2.18 bits per heavy atom. The second-order valence-electron chi connectivity index (χ2n) is 7.49. The molecule has 1 saturated heterocycles. The molecule has 5 rings (SSSR count). The molecule has 1 aliphatic carbocycles. The largest absolute Gasteiger partial charge is 0.423 e. The van der Waals surface area contributed by atoms with Crippen LogP contribution >= 0.6 is 0 Å². The summed E-state index contributed by atoms with van der Waals surface area (Å²) >= 11 is 0. The molecule has 140 valence electrons. The molecule has 5 heteroatoms. The van der Waals surface area contributed by atoms with Gasteiger partial charge < -0.3 is 14.2 Å². The monoisotopic (exact) mass is 370 g/mol. The zero-order valence-corrected chi connectivity index (χ0v) is 15.7. The highest BCUT2D eigenvalue weighted by molar-refractivity contribution is 5.52. The van der Waals surface area contributed by atoms with Crippen molar-refractivity contribution >= 4 is 11.6 Å². The quantitative estimate of drug-likeness (QED) is 0.691. The molecule has 2 aromatic carbocycles. The van der Waals surface area contributed by atoms with Gasteiger partial charge >= 0.3 is 0 Å². The molecule has 0 amide bonds. The molecule has 0 radical (unpaired) electrons. The molecular formula is C23H22N4O. The minimum atomic E-state index is 0.286. The summed E-state index contributed by atoms with van der Waals surface area (Å²) in [6, 6.07) is 23.2. The van der Waals surface area contributed by atoms with Gasteiger partial charge in [0.2, 0.25) is 17.5 Å². The predicted octanol–water partition coefficient (Wildman–Crippen LogP) is 4.14. The van der Waals surface area contributed by atoms with E-state index in [0.29, 0.717) is 23.4 Å². The SMILES string of the molecule is N#Cc1nc(C2CC2c2ccccc2)oc1N1CCN(c2ccccc2)CC1. The van der Waals surface area contributed by atoms with E-state index in [4.69, 9.17) is 4.42 Å². The number of oxazole rings is 1. The Morgan fingerprint density at radius 2 is 1.50 bits per heavy atom. The van der Waals surface area contributed by atoms with Crippen molar-refractivity contribution in [1.82, 2.24) is 4.98 Å². The molecule has 2 fully saturated rings. The topological polar surface area (TPSA) is 56.3 Å². The van der Waals surface area contributed by atoms with E-state index in [0.717, 1.165) is 32.6 Å². The van der Waals surface area contributed by atoms with Gasteiger partial charge in [-0.15, -0.1) is 0 Å². The maximum absolute atomic E-state index is 9.57. The number of anilines is 2. The second-order valence-corrected chi connectivity index (χ2v) is 7.49. The van der Waals surface area contributed by atoms with Crippen LogP contribution in [0.1, 0.15) is 35.4 Å². The van der Waals surface area contributed by atoms with Gasteiger partial charge in [0.1, 0.15) is 6.07 Å². The molecule has 1 aliphatic heterocycles. The van der Waals surface area contributed by atoms with Gasteiger partial charge in [0.05, 0.1) is 0 Å². The van der Waals surface area contributed by atoms with Crippen molar-refractivity contribution in [2.24, 2.45) is 0 Å². The molecule has 2 aliphatic rings. The van der Waals surface area contributed by atoms with Gasteiger partial charge in [0, 0.05) is 37.8 Å². The maximum Gasteiger partial charge on any atom is 0.234 e. The molecule has 3 aromatic rings. The number of piperazine rings is 1. The van der Waals surface area contributed by atoms with Crippen molar-refractivity contribution in [3.05, 3.63) is 77.8 Å². The lowest BCUT2D eigenvalue weighted by Gasteiger charge is -2.35. The lowest BCUT2D eigenvalue weighted by molar-refractivity contribution is 0.476. The molecule has 0 bridgehead atoms. The average Bonchev–Trinajstić information content (AvgIpc) is 3.46. The number of para-hydroxylation sites is 1. The number of aromatic nitrogens is 1. The summed E-state index contributed by atoms with van der Waals surface area (Å²) in [6.07, 6.45) is 1.04. The number of nitrogens with zero attached hydrogens (tertiary/aromatic N) is 4. The van der Waals surface area contributed by atoms with E-state index in [1.54, 1.807) is 0 Å². The summed E-state index contributed by atoms with van der Waals surface area (Å²) in [4.78, 5) is 9.06. The molecule has 1 aromatic heterocycles. The first-order chi connectivity index (χ1) is 13.8. The normalized spacial score (nSPS) is 21.4. The van der Waals surface area contributed by atoms with Gasteiger partial charge in [-0.2, -0.15) is 5.26 Å². The highest BCUT2D eigenvalue weighted by Gasteiger charge is 2.44. The van der Waals surface area contributed by atoms with Crippen molar-refractivity contribution < 1.29 is 4.42 Å². The molecule has 2 unspecified atom stereocenters. The number of hydrogen-bond donors (Lipinski definition) is 0. The molecule has 2 heterocycles. The van der Waals surface area contributed by atoms with E-state index < -0.39 is 0 Å². The lowest BCUT2D eigenvalue weighted by atomic mass is 10.1. The zero-order chi connectivity index (χ0) is 18.9. The third-order valence-electron chi connectivity index (χ3n) is 5.76. The van der Waals surface area contributed by atoms with Crippen molar-refractivity contribution in [3.63, 3.8) is 0 Å². The summed E-state index contributed by atoms with van der Waals surface area (Å²) in [7, 11) is 0. The number of rotatable bonds is 4. The third kappa shape index (κ3) is 3.11. The van der Waals surface area contributed by atoms with Gasteiger partial charge in [0.15, 0.2) is 0 Å². The first-order valence-corrected chi connectivity index (χ1v) is 9.84. The number of hydrogen-bond acceptors (Lipinski definition) is 5. The van der Waals surface area contributed by atoms with Gasteiger partial charge in [0.25, 0.3) is 0 Å². The van der Waals surface area contributed by atoms with Crippen molar-refractivity contribution in [3.8, 4) is 6.07 Å². The van der Waals surface area contributed by atoms with Crippen molar-refractivity contribution in [2.45, 2.75) is 18.3 Å². The summed E-state index contributed by atoms with van der Waals surface area (Å²) in [5.74, 6) is 2.10. The van der Waals surface area contributed by atoms with Crippen LogP contribution in [0.2, 0.25) is 0 Å². The first-order valence-electron chi connectivity index (χ1n) is 9.84. The third-order valence-corrected chi connectivity index (χ3v) is 5.76. The van der Waals surface area contributed by atoms with Gasteiger partial charge in [-0.05, 0) is 30.0 Å². The molecule has 28 heavy (non-hydrogen) atoms. The van der Waals surface area contributed by atoms with Crippen LogP contribution in [0.3, 0.4) is 0 Å². The Kier molecular flexibility index (Phi) is 4.25. The molecule has 2 atom stereocenters. The van der Waals surface area contributed by atoms with Crippen LogP contribution in [-0.2, 0) is 0 Å². The Hall–Kier alpha value is -3.26. The summed E-state index contributed by atoms with van der Waals surface area (Å²) in [5.41, 5.74) is 2.98. The Bertz CT molecular complexity index is 984. The Morgan fingerprint density at radius 1 is 0.857 bits per heavy atom. The first kappa shape index (κ1) is 16.9. The standard InChI is InChI=1S/C23H22N4O/c24-16-21-23(27-13-11-26(12-14-27)18-9-5-2-6-10-18)28-22(25-21)20-15-19(20)17-7-3-1-4-8-17/h1-10,19-20H,11-15H2. The van der Waals surface area contributed by atoms with Crippen LogP contribution in [0.5, 0.6) is 0 Å². The van der Waals surface area contributed by atoms with Crippen LogP contribution in [-0.4, -0.2) is 31.2 Å². The van der Waals surface area contributed by atoms with Gasteiger partial charge in [-0.25, -0.2) is 4.98 Å². The van der Waals surface area contributed by atoms with E-state index in [9.17, 15) is 5.26 Å². The number of benzene rings is 2. The van der Waals surface area contributed by atoms with E-state index >= 15 is 0 Å². The van der Waals surface area contributed by atoms with E-state index in [-0.39, 0.29) is 5.92 Å². The summed E-state index contributed by atoms with van der Waals surface area (Å²) < 4.78 is 6.14. The molecule has 0 spiro atoms. The average molecular weight is 370 g/mol. The molecule has 5 nitrogen and oxygen atoms in total. The summed E-state index contributed by atoms with van der Waals surface area (Å²) in [6.45, 7) is 3.46. The van der Waals surface area contributed by atoms with Crippen LogP contribution in [0.15, 0.2) is 65.1 Å². The van der Waals surface area contributed by atoms with Gasteiger partial charge in [-0.3, -0.25) is 0 Å². The van der Waals surface area contributed by atoms with Crippen LogP contribution < -0.4 is 9.80 Å². The van der Waals surface area contributed by atoms with Crippen LogP contribution in [0, 0.1) is 11.3 Å². The zero-order valence-electron chi connectivity index (χ0n) is 15.7. The van der Waals surface area contributed by atoms with Gasteiger partial charge in [-0.1, -0.05) is 48.5 Å². The fourth-order valence-corrected chi connectivity index (χ4v) is 4.12. The van der Waals surface area contributed by atoms with Crippen molar-refractivity contribution in [1.29, 1.82) is 5.26 Å². The highest BCUT2D eigenvalue weighted by Crippen LogP contribution is 2.54. The maximum atomic E-state index is 9.57. The fourth-order valence-electron chi connectivity index (χ4n) is 4.12. The minimum absolute atomic E-state index is 0.286. The van der Waals surface area contributed by atoms with Crippen LogP contribution in [0.25, 0.3) is 0 Å². The van der Waals surface area contributed by atoms with Crippen LogP contribution in [0.4, 0.5) is 11.6 Å². The highest BCUT2D eigenvalue weighted by atomic mass is 16.4. The van der Waals surface area contributed by atoms with E-state index in [1.165, 1.54) is 11.3 Å². The Balaban J connectivity index is 1.30. The summed E-state index contributed by atoms with van der Waals surface area (Å²) in [5, 5.41) is 9.57. The van der Waals surface area contributed by atoms with E-state index in [2.05, 4.69) is 69.4 Å². The van der Waals surface area contributed by atoms with E-state index in [1.807, 2.05) is 12.1 Å². The van der Waals surface area contributed by atoms with Crippen molar-refractivity contribution in [2.75, 3.05) is 36.0 Å². The molecule has 1 saturated carbocycles. The molecule has 0 N–H and O–H groups in total. The minimum Gasteiger partial charge on any atom is -0.423 e. The fraction of sp³-hybridized carbons (Fsp3) is 0.304.